The number of likely N-dealkylation sites (tertiary alicyclic amines) is 1. The standard InChI is InChI=1S/C22H24F3N7O4/c1-29(20(35)28-17-8-15(2-3-26-17)36-22(23,24)25)14-9-21(10-14)12-31(13-21)19(34)16-11-27-32-5-4-30(6-7-33)18(16)32/h2-5,8,11,14,33H,6-7,9-10,12-13H2,1H3,(H,26,28,35). The van der Waals surface area contributed by atoms with Crippen LogP contribution in [0.3, 0.4) is 0 Å². The highest BCUT2D eigenvalue weighted by molar-refractivity contribution is 6.00. The molecule has 0 radical (unpaired) electrons. The molecule has 3 aromatic rings. The van der Waals surface area contributed by atoms with Crippen molar-refractivity contribution < 1.29 is 32.6 Å². The van der Waals surface area contributed by atoms with Crippen molar-refractivity contribution in [3.05, 3.63) is 42.5 Å². The molecule has 11 nitrogen and oxygen atoms in total. The van der Waals surface area contributed by atoms with Crippen LogP contribution in [0.5, 0.6) is 5.75 Å². The van der Waals surface area contributed by atoms with Gasteiger partial charge in [-0.15, -0.1) is 13.2 Å². The van der Waals surface area contributed by atoms with Gasteiger partial charge in [0.05, 0.1) is 12.8 Å². The number of pyridine rings is 1. The van der Waals surface area contributed by atoms with Gasteiger partial charge in [-0.05, 0) is 18.9 Å². The number of rotatable bonds is 6. The SMILES string of the molecule is CN(C(=O)Nc1cc(OC(F)(F)F)ccn1)C1CC2(C1)CN(C(=O)c1cnn3ccn(CCO)c13)C2. The molecule has 0 atom stereocenters. The summed E-state index contributed by atoms with van der Waals surface area (Å²) in [6.45, 7) is 1.43. The molecule has 3 amide bonds. The van der Waals surface area contributed by atoms with Gasteiger partial charge >= 0.3 is 12.4 Å². The molecular weight excluding hydrogens is 483 g/mol. The Bertz CT molecular complexity index is 1290. The van der Waals surface area contributed by atoms with Crippen LogP contribution in [0.25, 0.3) is 5.65 Å². The van der Waals surface area contributed by atoms with Gasteiger partial charge in [0, 0.05) is 62.8 Å². The number of carbonyl (C=O) groups excluding carboxylic acids is 2. The first-order valence-electron chi connectivity index (χ1n) is 11.3. The zero-order valence-electron chi connectivity index (χ0n) is 19.3. The van der Waals surface area contributed by atoms with Crippen LogP contribution in [0.15, 0.2) is 36.9 Å². The molecule has 1 spiro atoms. The number of fused-ring (bicyclic) bond motifs is 1. The molecule has 4 heterocycles. The van der Waals surface area contributed by atoms with E-state index in [1.54, 1.807) is 33.4 Å². The summed E-state index contributed by atoms with van der Waals surface area (Å²) in [6, 6.07) is 1.49. The van der Waals surface area contributed by atoms with E-state index in [2.05, 4.69) is 20.1 Å². The Balaban J connectivity index is 1.14. The Morgan fingerprint density at radius 1 is 1.31 bits per heavy atom. The summed E-state index contributed by atoms with van der Waals surface area (Å²) in [5, 5.41) is 16.0. The fourth-order valence-corrected chi connectivity index (χ4v) is 4.99. The number of hydrogen-bond donors (Lipinski definition) is 2. The largest absolute Gasteiger partial charge is 0.573 e. The fourth-order valence-electron chi connectivity index (χ4n) is 4.99. The average Bonchev–Trinajstić information content (AvgIpc) is 3.33. The van der Waals surface area contributed by atoms with Gasteiger partial charge < -0.3 is 24.2 Å². The van der Waals surface area contributed by atoms with E-state index in [0.717, 1.165) is 18.3 Å². The molecule has 0 unspecified atom stereocenters. The quantitative estimate of drug-likeness (QED) is 0.528. The van der Waals surface area contributed by atoms with Crippen LogP contribution < -0.4 is 10.1 Å². The van der Waals surface area contributed by atoms with Crippen molar-refractivity contribution >= 4 is 23.4 Å². The van der Waals surface area contributed by atoms with Crippen LogP contribution in [0.2, 0.25) is 0 Å². The van der Waals surface area contributed by atoms with Crippen molar-refractivity contribution in [2.45, 2.75) is 31.8 Å². The Morgan fingerprint density at radius 2 is 2.06 bits per heavy atom. The third-order valence-electron chi connectivity index (χ3n) is 6.75. The van der Waals surface area contributed by atoms with Gasteiger partial charge in [0.15, 0.2) is 0 Å². The van der Waals surface area contributed by atoms with Gasteiger partial charge in [-0.25, -0.2) is 14.3 Å². The summed E-state index contributed by atoms with van der Waals surface area (Å²) in [5.41, 5.74) is 1.04. The number of aromatic nitrogens is 4. The van der Waals surface area contributed by atoms with Crippen LogP contribution in [0.4, 0.5) is 23.8 Å². The zero-order chi connectivity index (χ0) is 25.7. The molecule has 1 saturated heterocycles. The lowest BCUT2D eigenvalue weighted by molar-refractivity contribution is -0.274. The molecule has 0 bridgehead atoms. The number of hydrogen-bond acceptors (Lipinski definition) is 6. The lowest BCUT2D eigenvalue weighted by Crippen LogP contribution is -2.67. The Hall–Kier alpha value is -3.81. The second-order valence-electron chi connectivity index (χ2n) is 9.23. The lowest BCUT2D eigenvalue weighted by Gasteiger charge is -2.60. The summed E-state index contributed by atoms with van der Waals surface area (Å²) in [4.78, 5) is 32.8. The maximum absolute atomic E-state index is 13.1. The number of anilines is 1. The van der Waals surface area contributed by atoms with Crippen molar-refractivity contribution in [1.29, 1.82) is 0 Å². The fraction of sp³-hybridized carbons (Fsp3) is 0.455. The van der Waals surface area contributed by atoms with Crippen molar-refractivity contribution in [3.8, 4) is 5.75 Å². The number of nitrogens with zero attached hydrogens (tertiary/aromatic N) is 6. The van der Waals surface area contributed by atoms with E-state index in [9.17, 15) is 27.9 Å². The third kappa shape index (κ3) is 4.43. The van der Waals surface area contributed by atoms with Gasteiger partial charge in [-0.3, -0.25) is 10.1 Å². The highest BCUT2D eigenvalue weighted by Crippen LogP contribution is 2.50. The van der Waals surface area contributed by atoms with Crippen LogP contribution in [0, 0.1) is 5.41 Å². The molecule has 192 valence electrons. The smallest absolute Gasteiger partial charge is 0.406 e. The monoisotopic (exact) mass is 507 g/mol. The van der Waals surface area contributed by atoms with E-state index in [1.165, 1.54) is 11.1 Å². The van der Waals surface area contributed by atoms with Crippen LogP contribution in [-0.4, -0.2) is 85.2 Å². The predicted octanol–water partition coefficient (Wildman–Crippen LogP) is 2.19. The molecule has 3 aromatic heterocycles. The molecule has 1 saturated carbocycles. The van der Waals surface area contributed by atoms with E-state index < -0.39 is 18.1 Å². The minimum absolute atomic E-state index is 0.0542. The van der Waals surface area contributed by atoms with Crippen LogP contribution in [-0.2, 0) is 6.54 Å². The minimum Gasteiger partial charge on any atom is -0.406 e. The Morgan fingerprint density at radius 3 is 2.75 bits per heavy atom. The summed E-state index contributed by atoms with van der Waals surface area (Å²) in [5.74, 6) is -0.659. The van der Waals surface area contributed by atoms with Crippen molar-refractivity contribution in [3.63, 3.8) is 0 Å². The number of ether oxygens (including phenoxy) is 1. The molecule has 1 aliphatic heterocycles. The van der Waals surface area contributed by atoms with E-state index >= 15 is 0 Å². The van der Waals surface area contributed by atoms with Crippen LogP contribution in [0.1, 0.15) is 23.2 Å². The maximum atomic E-state index is 13.1. The van der Waals surface area contributed by atoms with E-state index in [1.807, 2.05) is 0 Å². The lowest BCUT2D eigenvalue weighted by atomic mass is 9.60. The molecule has 36 heavy (non-hydrogen) atoms. The van der Waals surface area contributed by atoms with Crippen molar-refractivity contribution in [2.75, 3.05) is 32.1 Å². The summed E-state index contributed by atoms with van der Waals surface area (Å²) < 4.78 is 44.5. The van der Waals surface area contributed by atoms with Gasteiger partial charge in [0.25, 0.3) is 5.91 Å². The summed E-state index contributed by atoms with van der Waals surface area (Å²) in [6.07, 6.45) is 2.70. The van der Waals surface area contributed by atoms with Gasteiger partial charge in [-0.1, -0.05) is 0 Å². The van der Waals surface area contributed by atoms with Gasteiger partial charge in [-0.2, -0.15) is 5.10 Å². The molecule has 2 aliphatic rings. The second-order valence-corrected chi connectivity index (χ2v) is 9.23. The summed E-state index contributed by atoms with van der Waals surface area (Å²) >= 11 is 0. The molecular formula is C22H24F3N7O4. The first-order valence-corrected chi connectivity index (χ1v) is 11.3. The molecule has 14 heteroatoms. The number of amides is 3. The van der Waals surface area contributed by atoms with E-state index in [4.69, 9.17) is 0 Å². The average molecular weight is 507 g/mol. The number of alkyl halides is 3. The van der Waals surface area contributed by atoms with Crippen molar-refractivity contribution in [1.82, 2.24) is 29.0 Å². The maximum Gasteiger partial charge on any atom is 0.573 e. The van der Waals surface area contributed by atoms with E-state index in [-0.39, 0.29) is 29.8 Å². The normalized spacial score (nSPS) is 17.1. The minimum atomic E-state index is -4.84. The first kappa shape index (κ1) is 23.9. The first-order chi connectivity index (χ1) is 17.1. The van der Waals surface area contributed by atoms with Gasteiger partial charge in [0.2, 0.25) is 0 Å². The Kier molecular flexibility index (Phi) is 5.77. The highest BCUT2D eigenvalue weighted by atomic mass is 19.4. The molecule has 0 aromatic carbocycles. The predicted molar refractivity (Wildman–Crippen MR) is 119 cm³/mol. The Labute approximate surface area is 203 Å². The second kappa shape index (κ2) is 8.69. The number of urea groups is 1. The molecule has 2 N–H and O–H groups in total. The number of aliphatic hydroxyl groups is 1. The van der Waals surface area contributed by atoms with Crippen LogP contribution >= 0.6 is 0 Å². The molecule has 5 rings (SSSR count). The number of aliphatic hydroxyl groups excluding tert-OH is 1. The zero-order valence-corrected chi connectivity index (χ0v) is 19.3. The van der Waals surface area contributed by atoms with E-state index in [0.29, 0.717) is 43.7 Å². The van der Waals surface area contributed by atoms with Gasteiger partial charge in [0.1, 0.15) is 22.8 Å². The molecule has 1 aliphatic carbocycles. The number of imidazole rings is 1. The number of halogens is 3. The number of nitrogens with one attached hydrogen (secondary N) is 1. The topological polar surface area (TPSA) is 117 Å². The summed E-state index contributed by atoms with van der Waals surface area (Å²) in [7, 11) is 1.61. The number of carbonyl (C=O) groups is 2. The molecule has 2 fully saturated rings. The third-order valence-corrected chi connectivity index (χ3v) is 6.75. The van der Waals surface area contributed by atoms with Crippen molar-refractivity contribution in [2.24, 2.45) is 5.41 Å². The highest BCUT2D eigenvalue weighted by Gasteiger charge is 2.55.